The second-order valence-electron chi connectivity index (χ2n) is 5.18. The molecule has 0 aliphatic carbocycles. The molecule has 3 N–H and O–H groups in total. The predicted octanol–water partition coefficient (Wildman–Crippen LogP) is 1.38. The quantitative estimate of drug-likeness (QED) is 0.716. The van der Waals surface area contributed by atoms with Gasteiger partial charge in [0.2, 0.25) is 10.0 Å². The minimum Gasteiger partial charge on any atom is -0.347 e. The first-order chi connectivity index (χ1) is 11.1. The number of thiophene rings is 2. The number of carbonyl (C=O) groups is 1. The van der Waals surface area contributed by atoms with E-state index in [2.05, 4.69) is 15.4 Å². The van der Waals surface area contributed by atoms with Gasteiger partial charge < -0.3 is 10.6 Å². The van der Waals surface area contributed by atoms with Crippen molar-refractivity contribution in [2.24, 2.45) is 0 Å². The van der Waals surface area contributed by atoms with Crippen molar-refractivity contribution >= 4 is 38.6 Å². The van der Waals surface area contributed by atoms with Crippen molar-refractivity contribution in [3.63, 3.8) is 0 Å². The van der Waals surface area contributed by atoms with Crippen LogP contribution in [0.3, 0.4) is 0 Å². The van der Waals surface area contributed by atoms with Gasteiger partial charge in [-0.2, -0.15) is 0 Å². The van der Waals surface area contributed by atoms with E-state index >= 15 is 0 Å². The van der Waals surface area contributed by atoms with E-state index in [1.807, 2.05) is 17.5 Å². The van der Waals surface area contributed by atoms with E-state index in [9.17, 15) is 13.2 Å². The summed E-state index contributed by atoms with van der Waals surface area (Å²) in [5.41, 5.74) is 0. The lowest BCUT2D eigenvalue weighted by Gasteiger charge is -2.12. The number of amides is 1. The third-order valence-electron chi connectivity index (χ3n) is 3.54. The van der Waals surface area contributed by atoms with E-state index in [1.165, 1.54) is 17.4 Å². The summed E-state index contributed by atoms with van der Waals surface area (Å²) in [6.45, 7) is 1.81. The van der Waals surface area contributed by atoms with Gasteiger partial charge in [-0.25, -0.2) is 13.1 Å². The van der Waals surface area contributed by atoms with Crippen LogP contribution in [0.15, 0.2) is 33.9 Å². The number of nitrogens with one attached hydrogen (secondary N) is 3. The molecule has 1 aliphatic heterocycles. The highest BCUT2D eigenvalue weighted by molar-refractivity contribution is 7.89. The first-order valence-corrected chi connectivity index (χ1v) is 10.4. The van der Waals surface area contributed by atoms with E-state index in [1.54, 1.807) is 5.38 Å². The lowest BCUT2D eigenvalue weighted by atomic mass is 10.2. The van der Waals surface area contributed by atoms with Gasteiger partial charge >= 0.3 is 0 Å². The molecule has 1 unspecified atom stereocenters. The van der Waals surface area contributed by atoms with E-state index in [0.29, 0.717) is 0 Å². The molecule has 1 saturated heterocycles. The summed E-state index contributed by atoms with van der Waals surface area (Å²) in [6, 6.07) is 5.26. The Morgan fingerprint density at radius 1 is 1.30 bits per heavy atom. The van der Waals surface area contributed by atoms with Crippen LogP contribution in [0.4, 0.5) is 0 Å². The molecule has 0 saturated carbocycles. The van der Waals surface area contributed by atoms with Crippen molar-refractivity contribution in [1.82, 2.24) is 15.4 Å². The highest BCUT2D eigenvalue weighted by Crippen LogP contribution is 2.22. The van der Waals surface area contributed by atoms with Gasteiger partial charge in [-0.15, -0.1) is 22.7 Å². The predicted molar refractivity (Wildman–Crippen MR) is 91.4 cm³/mol. The zero-order valence-corrected chi connectivity index (χ0v) is 14.7. The van der Waals surface area contributed by atoms with E-state index in [0.717, 1.165) is 35.7 Å². The van der Waals surface area contributed by atoms with Gasteiger partial charge in [-0.3, -0.25) is 4.79 Å². The molecule has 1 atom stereocenters. The van der Waals surface area contributed by atoms with Gasteiger partial charge in [-0.05, 0) is 35.9 Å². The van der Waals surface area contributed by atoms with Gasteiger partial charge in [0.25, 0.3) is 5.91 Å². The van der Waals surface area contributed by atoms with Crippen LogP contribution < -0.4 is 15.4 Å². The van der Waals surface area contributed by atoms with Crippen molar-refractivity contribution in [2.75, 3.05) is 13.1 Å². The number of sulfonamides is 1. The Bertz CT molecular complexity index is 762. The zero-order valence-electron chi connectivity index (χ0n) is 12.2. The van der Waals surface area contributed by atoms with Crippen molar-refractivity contribution < 1.29 is 13.2 Å². The van der Waals surface area contributed by atoms with Crippen LogP contribution in [0.5, 0.6) is 0 Å². The fourth-order valence-corrected chi connectivity index (χ4v) is 5.43. The first kappa shape index (κ1) is 16.6. The Hall–Kier alpha value is -1.26. The largest absolute Gasteiger partial charge is 0.347 e. The second-order valence-corrected chi connectivity index (χ2v) is 8.86. The van der Waals surface area contributed by atoms with E-state index in [4.69, 9.17) is 0 Å². The number of rotatable bonds is 6. The second kappa shape index (κ2) is 7.10. The molecule has 2 aromatic rings. The zero-order chi connectivity index (χ0) is 16.3. The molecule has 0 spiro atoms. The monoisotopic (exact) mass is 371 g/mol. The van der Waals surface area contributed by atoms with Gasteiger partial charge in [-0.1, -0.05) is 6.07 Å². The molecule has 2 aromatic heterocycles. The minimum absolute atomic E-state index is 0.0440. The third-order valence-corrected chi connectivity index (χ3v) is 6.90. The molecule has 124 valence electrons. The smallest absolute Gasteiger partial charge is 0.263 e. The molecular weight excluding hydrogens is 354 g/mol. The maximum Gasteiger partial charge on any atom is 0.263 e. The molecule has 3 heterocycles. The normalized spacial score (nSPS) is 18.2. The third kappa shape index (κ3) is 3.99. The van der Waals surface area contributed by atoms with Crippen LogP contribution in [0.1, 0.15) is 21.0 Å². The Kier molecular flexibility index (Phi) is 5.12. The molecule has 1 amide bonds. The van der Waals surface area contributed by atoms with Crippen molar-refractivity contribution in [3.8, 4) is 0 Å². The van der Waals surface area contributed by atoms with E-state index < -0.39 is 10.0 Å². The van der Waals surface area contributed by atoms with E-state index in [-0.39, 0.29) is 28.3 Å². The molecule has 0 aromatic carbocycles. The lowest BCUT2D eigenvalue weighted by molar-refractivity contribution is 0.0941. The summed E-state index contributed by atoms with van der Waals surface area (Å²) >= 11 is 2.62. The molecule has 1 fully saturated rings. The summed E-state index contributed by atoms with van der Waals surface area (Å²) in [6.07, 6.45) is 0.857. The molecule has 6 nitrogen and oxygen atoms in total. The van der Waals surface area contributed by atoms with Gasteiger partial charge in [0.15, 0.2) is 0 Å². The Balaban J connectivity index is 1.72. The molecular formula is C14H17N3O3S3. The van der Waals surface area contributed by atoms with Gasteiger partial charge in [0.05, 0.1) is 0 Å². The summed E-state index contributed by atoms with van der Waals surface area (Å²) < 4.78 is 27.5. The van der Waals surface area contributed by atoms with Crippen molar-refractivity contribution in [1.29, 1.82) is 0 Å². The SMILES string of the molecule is O=C(NC1CCNC1)c1sccc1S(=O)(=O)NCc1cccs1. The minimum atomic E-state index is -3.71. The Morgan fingerprint density at radius 3 is 2.87 bits per heavy atom. The highest BCUT2D eigenvalue weighted by Gasteiger charge is 2.26. The van der Waals surface area contributed by atoms with Gasteiger partial charge in [0.1, 0.15) is 9.77 Å². The number of carbonyl (C=O) groups excluding carboxylic acids is 1. The van der Waals surface area contributed by atoms with Gasteiger partial charge in [0, 0.05) is 24.0 Å². The maximum atomic E-state index is 12.5. The van der Waals surface area contributed by atoms with Crippen molar-refractivity contribution in [2.45, 2.75) is 23.9 Å². The Morgan fingerprint density at radius 2 is 2.17 bits per heavy atom. The average Bonchev–Trinajstić information content (AvgIpc) is 3.26. The van der Waals surface area contributed by atoms with Crippen LogP contribution in [0.25, 0.3) is 0 Å². The summed E-state index contributed by atoms with van der Waals surface area (Å²) in [5, 5.41) is 9.56. The summed E-state index contributed by atoms with van der Waals surface area (Å²) in [5.74, 6) is -0.329. The fourth-order valence-electron chi connectivity index (χ4n) is 2.36. The molecule has 1 aliphatic rings. The van der Waals surface area contributed by atoms with Crippen LogP contribution in [0, 0.1) is 0 Å². The average molecular weight is 372 g/mol. The standard InChI is InChI=1S/C14H17N3O3S3/c18-14(17-10-3-5-15-8-10)13-12(4-7-22-13)23(19,20)16-9-11-2-1-6-21-11/h1-2,4,6-7,10,15-16H,3,5,8-9H2,(H,17,18). The van der Waals surface area contributed by atoms with Crippen LogP contribution in [-0.4, -0.2) is 33.5 Å². The van der Waals surface area contributed by atoms with Crippen LogP contribution >= 0.6 is 22.7 Å². The molecule has 0 radical (unpaired) electrons. The van der Waals surface area contributed by atoms with Crippen molar-refractivity contribution in [3.05, 3.63) is 38.7 Å². The highest BCUT2D eigenvalue weighted by atomic mass is 32.2. The fraction of sp³-hybridized carbons (Fsp3) is 0.357. The lowest BCUT2D eigenvalue weighted by Crippen LogP contribution is -2.36. The maximum absolute atomic E-state index is 12.5. The topological polar surface area (TPSA) is 87.3 Å². The van der Waals surface area contributed by atoms with Crippen LogP contribution in [0.2, 0.25) is 0 Å². The summed E-state index contributed by atoms with van der Waals surface area (Å²) in [7, 11) is -3.71. The molecule has 3 rings (SSSR count). The summed E-state index contributed by atoms with van der Waals surface area (Å²) in [4.78, 5) is 13.5. The van der Waals surface area contributed by atoms with Crippen LogP contribution in [-0.2, 0) is 16.6 Å². The Labute approximate surface area is 143 Å². The number of hydrogen-bond donors (Lipinski definition) is 3. The molecule has 9 heteroatoms. The number of hydrogen-bond acceptors (Lipinski definition) is 6. The molecule has 0 bridgehead atoms. The molecule has 23 heavy (non-hydrogen) atoms. The first-order valence-electron chi connectivity index (χ1n) is 7.17.